The fourth-order valence-electron chi connectivity index (χ4n) is 3.42. The number of carbonyl (C=O) groups is 1. The number of rotatable bonds is 6. The highest BCUT2D eigenvalue weighted by atomic mass is 79.9. The van der Waals surface area contributed by atoms with Gasteiger partial charge in [0, 0.05) is 16.3 Å². The second kappa shape index (κ2) is 8.42. The maximum atomic E-state index is 13.5. The molecule has 6 heteroatoms. The summed E-state index contributed by atoms with van der Waals surface area (Å²) in [5.41, 5.74) is 2.38. The molecule has 0 amide bonds. The molecule has 1 heterocycles. The normalized spacial score (nSPS) is 11.9. The van der Waals surface area contributed by atoms with Gasteiger partial charge in [0.05, 0.1) is 16.1 Å². The van der Waals surface area contributed by atoms with E-state index in [2.05, 4.69) is 15.9 Å². The number of carbonyl (C=O) groups excluding carboxylic acids is 1. The summed E-state index contributed by atoms with van der Waals surface area (Å²) < 4.78 is 28.4. The molecule has 0 bridgehead atoms. The van der Waals surface area contributed by atoms with Crippen molar-refractivity contribution < 1.29 is 13.2 Å². The Kier molecular flexibility index (Phi) is 5.70. The summed E-state index contributed by atoms with van der Waals surface area (Å²) in [5.74, 6) is -0.190. The highest BCUT2D eigenvalue weighted by molar-refractivity contribution is 9.08. The average molecular weight is 480 g/mol. The lowest BCUT2D eigenvalue weighted by Gasteiger charge is -2.11. The summed E-state index contributed by atoms with van der Waals surface area (Å²) in [4.78, 5) is 12.8. The highest BCUT2D eigenvalue weighted by Crippen LogP contribution is 2.32. The van der Waals surface area contributed by atoms with Gasteiger partial charge < -0.3 is 0 Å². The van der Waals surface area contributed by atoms with Gasteiger partial charge >= 0.3 is 0 Å². The van der Waals surface area contributed by atoms with Crippen molar-refractivity contribution in [1.82, 2.24) is 3.97 Å². The lowest BCUT2D eigenvalue weighted by atomic mass is 10.1. The van der Waals surface area contributed by atoms with Crippen LogP contribution in [0.5, 0.6) is 0 Å². The molecule has 0 saturated carbocycles. The van der Waals surface area contributed by atoms with Gasteiger partial charge in [0.15, 0.2) is 5.78 Å². The molecule has 0 aliphatic rings. The molecule has 0 spiro atoms. The molecule has 0 aliphatic heterocycles. The van der Waals surface area contributed by atoms with Crippen LogP contribution in [0.15, 0.2) is 95.9 Å². The van der Waals surface area contributed by atoms with Crippen LogP contribution in [0.3, 0.4) is 0 Å². The number of hydrogen-bond donors (Lipinski definition) is 0. The monoisotopic (exact) mass is 479 g/mol. The standard InChI is InChI=1S/C24H18BrNO3S/c25-17-21-20-13-7-8-14-22(20)26(30(28,29)19-11-5-2-6-12-19)23(21)15-16-24(27)18-9-3-1-4-10-18/h1-16H,17H2/b16-15+. The molecule has 0 saturated heterocycles. The predicted octanol–water partition coefficient (Wildman–Crippen LogP) is 5.67. The van der Waals surface area contributed by atoms with E-state index in [-0.39, 0.29) is 10.7 Å². The van der Waals surface area contributed by atoms with E-state index < -0.39 is 10.0 Å². The first-order valence-corrected chi connectivity index (χ1v) is 11.9. The first kappa shape index (κ1) is 20.3. The summed E-state index contributed by atoms with van der Waals surface area (Å²) in [7, 11) is -3.86. The first-order valence-electron chi connectivity index (χ1n) is 9.30. The van der Waals surface area contributed by atoms with E-state index in [9.17, 15) is 13.2 Å². The van der Waals surface area contributed by atoms with Crippen LogP contribution in [0.2, 0.25) is 0 Å². The summed E-state index contributed by atoms with van der Waals surface area (Å²) >= 11 is 3.49. The van der Waals surface area contributed by atoms with Gasteiger partial charge in [-0.3, -0.25) is 4.79 Å². The van der Waals surface area contributed by atoms with E-state index in [0.29, 0.717) is 22.1 Å². The lowest BCUT2D eigenvalue weighted by molar-refractivity contribution is 0.104. The fraction of sp³-hybridized carbons (Fsp3) is 0.0417. The number of allylic oxidation sites excluding steroid dienone is 1. The van der Waals surface area contributed by atoms with E-state index >= 15 is 0 Å². The largest absolute Gasteiger partial charge is 0.289 e. The van der Waals surface area contributed by atoms with Crippen molar-refractivity contribution in [3.05, 3.63) is 108 Å². The maximum Gasteiger partial charge on any atom is 0.268 e. The van der Waals surface area contributed by atoms with Crippen molar-refractivity contribution in [1.29, 1.82) is 0 Å². The Balaban J connectivity index is 1.94. The van der Waals surface area contributed by atoms with Gasteiger partial charge in [-0.15, -0.1) is 0 Å². The number of benzene rings is 3. The van der Waals surface area contributed by atoms with Crippen molar-refractivity contribution in [2.75, 3.05) is 0 Å². The van der Waals surface area contributed by atoms with Gasteiger partial charge in [0.1, 0.15) is 0 Å². The van der Waals surface area contributed by atoms with Crippen LogP contribution in [0.25, 0.3) is 17.0 Å². The molecule has 150 valence electrons. The smallest absolute Gasteiger partial charge is 0.268 e. The third-order valence-electron chi connectivity index (χ3n) is 4.84. The topological polar surface area (TPSA) is 56.1 Å². The maximum absolute atomic E-state index is 13.5. The minimum Gasteiger partial charge on any atom is -0.289 e. The first-order chi connectivity index (χ1) is 14.5. The molecule has 1 aromatic heterocycles. The minimum atomic E-state index is -3.86. The molecule has 0 unspecified atom stereocenters. The Morgan fingerprint density at radius 1 is 0.867 bits per heavy atom. The molecule has 4 rings (SSSR count). The molecule has 0 aliphatic carbocycles. The summed E-state index contributed by atoms with van der Waals surface area (Å²) in [6.45, 7) is 0. The molecule has 0 N–H and O–H groups in total. The van der Waals surface area contributed by atoms with Crippen molar-refractivity contribution >= 4 is 48.7 Å². The number of aromatic nitrogens is 1. The van der Waals surface area contributed by atoms with Crippen LogP contribution in [-0.4, -0.2) is 18.2 Å². The van der Waals surface area contributed by atoms with Gasteiger partial charge in [-0.25, -0.2) is 12.4 Å². The van der Waals surface area contributed by atoms with E-state index in [0.717, 1.165) is 10.9 Å². The molecule has 30 heavy (non-hydrogen) atoms. The van der Waals surface area contributed by atoms with E-state index in [1.165, 1.54) is 10.0 Å². The van der Waals surface area contributed by atoms with Crippen molar-refractivity contribution in [2.24, 2.45) is 0 Å². The third-order valence-corrected chi connectivity index (χ3v) is 7.14. The van der Waals surface area contributed by atoms with Crippen molar-refractivity contribution in [3.63, 3.8) is 0 Å². The van der Waals surface area contributed by atoms with E-state index in [1.54, 1.807) is 72.8 Å². The zero-order valence-electron chi connectivity index (χ0n) is 15.9. The second-order valence-electron chi connectivity index (χ2n) is 6.66. The number of halogens is 1. The van der Waals surface area contributed by atoms with Crippen LogP contribution in [-0.2, 0) is 15.4 Å². The molecule has 4 nitrogen and oxygen atoms in total. The molecule has 0 fully saturated rings. The summed E-state index contributed by atoms with van der Waals surface area (Å²) in [6.07, 6.45) is 3.01. The lowest BCUT2D eigenvalue weighted by Crippen LogP contribution is -2.14. The number of ketones is 1. The number of hydrogen-bond acceptors (Lipinski definition) is 3. The Labute approximate surface area is 183 Å². The van der Waals surface area contributed by atoms with Crippen LogP contribution < -0.4 is 0 Å². The number of para-hydroxylation sites is 1. The molecule has 4 aromatic rings. The van der Waals surface area contributed by atoms with Crippen LogP contribution in [0.4, 0.5) is 0 Å². The molecular weight excluding hydrogens is 462 g/mol. The van der Waals surface area contributed by atoms with Crippen molar-refractivity contribution in [3.8, 4) is 0 Å². The fourth-order valence-corrected chi connectivity index (χ4v) is 5.56. The van der Waals surface area contributed by atoms with Crippen molar-refractivity contribution in [2.45, 2.75) is 10.2 Å². The Morgan fingerprint density at radius 3 is 2.13 bits per heavy atom. The van der Waals surface area contributed by atoms with Gasteiger partial charge in [-0.05, 0) is 35.9 Å². The third kappa shape index (κ3) is 3.64. The van der Waals surface area contributed by atoms with Crippen LogP contribution >= 0.6 is 15.9 Å². The van der Waals surface area contributed by atoms with Gasteiger partial charge in [-0.2, -0.15) is 0 Å². The predicted molar refractivity (Wildman–Crippen MR) is 123 cm³/mol. The molecule has 0 atom stereocenters. The van der Waals surface area contributed by atoms with E-state index in [4.69, 9.17) is 0 Å². The molecule has 3 aromatic carbocycles. The minimum absolute atomic E-state index is 0.190. The zero-order valence-corrected chi connectivity index (χ0v) is 18.3. The van der Waals surface area contributed by atoms with Gasteiger partial charge in [0.25, 0.3) is 10.0 Å². The van der Waals surface area contributed by atoms with Crippen LogP contribution in [0, 0.1) is 0 Å². The molecular formula is C24H18BrNO3S. The summed E-state index contributed by atoms with van der Waals surface area (Å²) in [6, 6.07) is 24.5. The Hall–Kier alpha value is -2.96. The highest BCUT2D eigenvalue weighted by Gasteiger charge is 2.25. The average Bonchev–Trinajstić information content (AvgIpc) is 3.12. The number of nitrogens with zero attached hydrogens (tertiary/aromatic N) is 1. The SMILES string of the molecule is O=C(/C=C/c1c(CBr)c2ccccc2n1S(=O)(=O)c1ccccc1)c1ccccc1. The van der Waals surface area contributed by atoms with Crippen LogP contribution in [0.1, 0.15) is 21.6 Å². The second-order valence-corrected chi connectivity index (χ2v) is 9.01. The van der Waals surface area contributed by atoms with Gasteiger partial charge in [-0.1, -0.05) is 82.7 Å². The number of alkyl halides is 1. The Bertz CT molecular complexity index is 1340. The van der Waals surface area contributed by atoms with Gasteiger partial charge in [0.2, 0.25) is 0 Å². The Morgan fingerprint density at radius 2 is 1.47 bits per heavy atom. The molecule has 0 radical (unpaired) electrons. The quantitative estimate of drug-likeness (QED) is 0.203. The van der Waals surface area contributed by atoms with E-state index in [1.807, 2.05) is 18.2 Å². The summed E-state index contributed by atoms with van der Waals surface area (Å²) in [5, 5.41) is 1.27. The zero-order chi connectivity index (χ0) is 21.1. The number of fused-ring (bicyclic) bond motifs is 1.